The second-order valence-electron chi connectivity index (χ2n) is 9.24. The number of rotatable bonds is 10. The molecule has 11 heteroatoms. The van der Waals surface area contributed by atoms with Crippen molar-refractivity contribution in [1.29, 1.82) is 0 Å². The molecule has 0 saturated carbocycles. The van der Waals surface area contributed by atoms with E-state index in [0.717, 1.165) is 23.7 Å². The number of carbonyl (C=O) groups excluding carboxylic acids is 2. The lowest BCUT2D eigenvalue weighted by molar-refractivity contribution is 0.00708. The summed E-state index contributed by atoms with van der Waals surface area (Å²) in [5.41, 5.74) is 2.46. The Hall–Kier alpha value is -4.32. The van der Waals surface area contributed by atoms with E-state index in [0.29, 0.717) is 98.5 Å². The zero-order valence-electron chi connectivity index (χ0n) is 24.3. The van der Waals surface area contributed by atoms with E-state index in [1.165, 1.54) is 14.2 Å². The molecule has 0 radical (unpaired) electrons. The van der Waals surface area contributed by atoms with Gasteiger partial charge >= 0.3 is 0 Å². The van der Waals surface area contributed by atoms with Crippen molar-refractivity contribution in [3.8, 4) is 34.5 Å². The fourth-order valence-corrected chi connectivity index (χ4v) is 4.17. The van der Waals surface area contributed by atoms with E-state index in [-0.39, 0.29) is 13.2 Å². The predicted molar refractivity (Wildman–Crippen MR) is 155 cm³/mol. The van der Waals surface area contributed by atoms with Gasteiger partial charge in [-0.15, -0.1) is 0 Å². The van der Waals surface area contributed by atoms with E-state index in [1.54, 1.807) is 36.4 Å². The summed E-state index contributed by atoms with van der Waals surface area (Å²) < 4.78 is 52.0. The molecule has 43 heavy (non-hydrogen) atoms. The van der Waals surface area contributed by atoms with Gasteiger partial charge in [0.15, 0.2) is 34.5 Å². The van der Waals surface area contributed by atoms with Crippen LogP contribution in [0.5, 0.6) is 34.5 Å². The molecule has 0 aliphatic carbocycles. The van der Waals surface area contributed by atoms with Gasteiger partial charge < -0.3 is 42.6 Å². The van der Waals surface area contributed by atoms with Gasteiger partial charge in [-0.25, -0.2) is 0 Å². The molecule has 1 heterocycles. The van der Waals surface area contributed by atoms with Gasteiger partial charge in [-0.05, 0) is 59.7 Å². The van der Waals surface area contributed by atoms with Gasteiger partial charge in [-0.1, -0.05) is 0 Å². The van der Waals surface area contributed by atoms with E-state index < -0.39 is 0 Å². The van der Waals surface area contributed by atoms with Crippen LogP contribution in [0.2, 0.25) is 0 Å². The van der Waals surface area contributed by atoms with Crippen LogP contribution in [0.4, 0.5) is 0 Å². The second-order valence-corrected chi connectivity index (χ2v) is 9.24. The average Bonchev–Trinajstić information content (AvgIpc) is 3.05. The molecule has 230 valence electrons. The van der Waals surface area contributed by atoms with Gasteiger partial charge in [0.25, 0.3) is 0 Å². The zero-order chi connectivity index (χ0) is 30.3. The molecule has 0 spiro atoms. The van der Waals surface area contributed by atoms with Crippen LogP contribution in [0.25, 0.3) is 0 Å². The van der Waals surface area contributed by atoms with Crippen molar-refractivity contribution >= 4 is 12.6 Å². The maximum Gasteiger partial charge on any atom is 0.161 e. The van der Waals surface area contributed by atoms with Crippen LogP contribution < -0.4 is 28.4 Å². The molecule has 0 unspecified atom stereocenters. The lowest BCUT2D eigenvalue weighted by Gasteiger charge is -2.19. The summed E-state index contributed by atoms with van der Waals surface area (Å²) in [7, 11) is 3.02. The molecule has 0 bridgehead atoms. The maximum absolute atomic E-state index is 11.2. The predicted octanol–water partition coefficient (Wildman–Crippen LogP) is 4.31. The minimum atomic E-state index is 0.129. The van der Waals surface area contributed by atoms with Gasteiger partial charge in [0.1, 0.15) is 39.0 Å². The first-order valence-corrected chi connectivity index (χ1v) is 13.8. The number of hydrogen-bond donors (Lipinski definition) is 0. The quantitative estimate of drug-likeness (QED) is 0.312. The number of fused-ring (bicyclic) bond motifs is 1. The molecule has 0 saturated heterocycles. The van der Waals surface area contributed by atoms with E-state index >= 15 is 0 Å². The summed E-state index contributed by atoms with van der Waals surface area (Å²) in [6, 6.07) is 13.6. The zero-order valence-corrected chi connectivity index (χ0v) is 24.3. The fraction of sp³-hybridized carbons (Fsp3) is 0.375. The van der Waals surface area contributed by atoms with E-state index in [9.17, 15) is 9.59 Å². The standard InChI is InChI=1S/C32H36O11/c1-35-29-15-23(19-33)3-5-27(29)42-21-25-17-31-32(41-14-12-39-10-8-37-7-9-38-11-13-40-31)18-26(25)22-43-28-6-4-24(20-34)16-30(28)36-2/h3-6,15-20H,7-14,21-22H2,1-2H3. The highest BCUT2D eigenvalue weighted by Gasteiger charge is 2.17. The number of ether oxygens (including phenoxy) is 9. The van der Waals surface area contributed by atoms with Crippen molar-refractivity contribution in [2.45, 2.75) is 13.2 Å². The largest absolute Gasteiger partial charge is 0.493 e. The van der Waals surface area contributed by atoms with Crippen molar-refractivity contribution < 1.29 is 52.2 Å². The van der Waals surface area contributed by atoms with Crippen LogP contribution in [0.3, 0.4) is 0 Å². The molecule has 1 aliphatic rings. The highest BCUT2D eigenvalue weighted by atomic mass is 16.6. The Balaban J connectivity index is 1.63. The first kappa shape index (κ1) is 31.6. The number of hydrogen-bond acceptors (Lipinski definition) is 11. The third kappa shape index (κ3) is 9.34. The van der Waals surface area contributed by atoms with Gasteiger partial charge in [-0.3, -0.25) is 9.59 Å². The van der Waals surface area contributed by atoms with Crippen LogP contribution >= 0.6 is 0 Å². The Morgan fingerprint density at radius 2 is 0.953 bits per heavy atom. The number of carbonyl (C=O) groups is 2. The third-order valence-corrected chi connectivity index (χ3v) is 6.39. The van der Waals surface area contributed by atoms with Crippen molar-refractivity contribution in [2.75, 3.05) is 67.1 Å². The van der Waals surface area contributed by atoms with E-state index in [2.05, 4.69) is 0 Å². The summed E-state index contributed by atoms with van der Waals surface area (Å²) in [6.45, 7) is 3.43. The highest BCUT2D eigenvalue weighted by molar-refractivity contribution is 5.77. The normalized spacial score (nSPS) is 14.5. The molecule has 3 aromatic rings. The first-order chi connectivity index (χ1) is 21.1. The summed E-state index contributed by atoms with van der Waals surface area (Å²) in [5.74, 6) is 2.80. The molecule has 1 aliphatic heterocycles. The Bertz CT molecular complexity index is 1240. The molecule has 0 N–H and O–H groups in total. The summed E-state index contributed by atoms with van der Waals surface area (Å²) in [6.07, 6.45) is 1.48. The van der Waals surface area contributed by atoms with Crippen LogP contribution in [0.1, 0.15) is 31.8 Å². The Morgan fingerprint density at radius 3 is 1.33 bits per heavy atom. The van der Waals surface area contributed by atoms with Crippen molar-refractivity contribution in [3.63, 3.8) is 0 Å². The lowest BCUT2D eigenvalue weighted by atomic mass is 10.1. The van der Waals surface area contributed by atoms with Crippen molar-refractivity contribution in [2.24, 2.45) is 0 Å². The van der Waals surface area contributed by atoms with Crippen LogP contribution in [0, 0.1) is 0 Å². The fourth-order valence-electron chi connectivity index (χ4n) is 4.17. The van der Waals surface area contributed by atoms with Gasteiger partial charge in [0.2, 0.25) is 0 Å². The van der Waals surface area contributed by atoms with E-state index in [4.69, 9.17) is 42.6 Å². The molecule has 4 rings (SSSR count). The van der Waals surface area contributed by atoms with Crippen LogP contribution in [0.15, 0.2) is 48.5 Å². The first-order valence-electron chi connectivity index (χ1n) is 13.8. The number of methoxy groups -OCH3 is 2. The Kier molecular flexibility index (Phi) is 12.5. The lowest BCUT2D eigenvalue weighted by Crippen LogP contribution is -2.13. The average molecular weight is 597 g/mol. The summed E-state index contributed by atoms with van der Waals surface area (Å²) >= 11 is 0. The topological polar surface area (TPSA) is 117 Å². The van der Waals surface area contributed by atoms with E-state index in [1.807, 2.05) is 12.1 Å². The molecule has 3 aromatic carbocycles. The molecule has 11 nitrogen and oxygen atoms in total. The van der Waals surface area contributed by atoms with Crippen molar-refractivity contribution in [1.82, 2.24) is 0 Å². The number of benzene rings is 3. The smallest absolute Gasteiger partial charge is 0.161 e. The minimum Gasteiger partial charge on any atom is -0.493 e. The van der Waals surface area contributed by atoms with Gasteiger partial charge in [-0.2, -0.15) is 0 Å². The minimum absolute atomic E-state index is 0.129. The Labute approximate surface area is 250 Å². The summed E-state index contributed by atoms with van der Waals surface area (Å²) in [5, 5.41) is 0. The van der Waals surface area contributed by atoms with Gasteiger partial charge in [0.05, 0.1) is 53.9 Å². The molecule has 0 aromatic heterocycles. The third-order valence-electron chi connectivity index (χ3n) is 6.39. The molecule has 0 atom stereocenters. The van der Waals surface area contributed by atoms with Crippen LogP contribution in [-0.2, 0) is 27.4 Å². The maximum atomic E-state index is 11.2. The second kappa shape index (κ2) is 17.0. The van der Waals surface area contributed by atoms with Crippen molar-refractivity contribution in [3.05, 3.63) is 70.8 Å². The Morgan fingerprint density at radius 1 is 0.558 bits per heavy atom. The molecular weight excluding hydrogens is 560 g/mol. The highest BCUT2D eigenvalue weighted by Crippen LogP contribution is 2.35. The SMILES string of the molecule is COc1cc(C=O)ccc1OCc1cc2c(cc1COc1ccc(C=O)cc1OC)OCCOCCOCCOCCO2. The van der Waals surface area contributed by atoms with Gasteiger partial charge in [0, 0.05) is 11.1 Å². The van der Waals surface area contributed by atoms with Crippen LogP contribution in [-0.4, -0.2) is 79.6 Å². The molecule has 0 amide bonds. The number of aldehydes is 2. The monoisotopic (exact) mass is 596 g/mol. The molecular formula is C32H36O11. The molecule has 0 fully saturated rings. The summed E-state index contributed by atoms with van der Waals surface area (Å²) in [4.78, 5) is 22.4.